The summed E-state index contributed by atoms with van der Waals surface area (Å²) in [6.07, 6.45) is 0.701. The third-order valence-corrected chi connectivity index (χ3v) is 2.78. The van der Waals surface area contributed by atoms with Gasteiger partial charge in [0.25, 0.3) is 11.5 Å². The minimum Gasteiger partial charge on any atom is -0.350 e. The van der Waals surface area contributed by atoms with Crippen LogP contribution in [0.1, 0.15) is 16.1 Å². The highest BCUT2D eigenvalue weighted by Crippen LogP contribution is 2.09. The van der Waals surface area contributed by atoms with Crippen LogP contribution in [0.5, 0.6) is 0 Å². The molecule has 0 fully saturated rings. The molecule has 6 heteroatoms. The van der Waals surface area contributed by atoms with Crippen LogP contribution in [0.25, 0.3) is 0 Å². The monoisotopic (exact) mass is 277 g/mol. The van der Waals surface area contributed by atoms with Gasteiger partial charge in [-0.2, -0.15) is 5.10 Å². The van der Waals surface area contributed by atoms with E-state index >= 15 is 0 Å². The Bertz CT molecular complexity index is 602. The Morgan fingerprint density at radius 1 is 1.21 bits per heavy atom. The van der Waals surface area contributed by atoms with Crippen molar-refractivity contribution in [2.45, 2.75) is 6.42 Å². The second-order valence-electron chi connectivity index (χ2n) is 3.94. The highest BCUT2D eigenvalue weighted by atomic mass is 35.5. The topological polar surface area (TPSA) is 74.8 Å². The average Bonchev–Trinajstić information content (AvgIpc) is 2.41. The molecule has 0 radical (unpaired) electrons. The number of hydrogen-bond donors (Lipinski definition) is 2. The fraction of sp³-hybridized carbons (Fsp3) is 0.154. The molecule has 1 aromatic heterocycles. The molecular formula is C13H12ClN3O2. The largest absolute Gasteiger partial charge is 0.350 e. The molecule has 0 saturated heterocycles. The number of carbonyl (C=O) groups is 1. The van der Waals surface area contributed by atoms with Crippen molar-refractivity contribution < 1.29 is 4.79 Å². The number of H-pyrrole nitrogens is 1. The van der Waals surface area contributed by atoms with E-state index in [4.69, 9.17) is 11.6 Å². The minimum absolute atomic E-state index is 0.190. The summed E-state index contributed by atoms with van der Waals surface area (Å²) in [5.41, 5.74) is 0.938. The van der Waals surface area contributed by atoms with Crippen molar-refractivity contribution in [1.82, 2.24) is 15.5 Å². The van der Waals surface area contributed by atoms with Gasteiger partial charge in [-0.25, -0.2) is 5.10 Å². The first-order valence-corrected chi connectivity index (χ1v) is 6.11. The first kappa shape index (κ1) is 13.3. The lowest BCUT2D eigenvalue weighted by atomic mass is 10.1. The van der Waals surface area contributed by atoms with Gasteiger partial charge in [-0.3, -0.25) is 9.59 Å². The quantitative estimate of drug-likeness (QED) is 0.887. The van der Waals surface area contributed by atoms with Crippen molar-refractivity contribution in [1.29, 1.82) is 0 Å². The SMILES string of the molecule is O=C(NCCc1ccc(Cl)cc1)c1ccc(=O)[nH]n1. The zero-order valence-electron chi connectivity index (χ0n) is 10.0. The van der Waals surface area contributed by atoms with Crippen molar-refractivity contribution in [3.05, 3.63) is 63.0 Å². The number of rotatable bonds is 4. The fourth-order valence-electron chi connectivity index (χ4n) is 1.53. The Morgan fingerprint density at radius 2 is 1.95 bits per heavy atom. The molecule has 98 valence electrons. The Morgan fingerprint density at radius 3 is 2.58 bits per heavy atom. The maximum absolute atomic E-state index is 11.7. The van der Waals surface area contributed by atoms with Crippen LogP contribution in [0.15, 0.2) is 41.2 Å². The molecule has 2 N–H and O–H groups in total. The molecule has 2 aromatic rings. The van der Waals surface area contributed by atoms with Crippen LogP contribution in [0.4, 0.5) is 0 Å². The Balaban J connectivity index is 1.85. The highest BCUT2D eigenvalue weighted by molar-refractivity contribution is 6.30. The second-order valence-corrected chi connectivity index (χ2v) is 4.38. The van der Waals surface area contributed by atoms with E-state index in [1.54, 1.807) is 0 Å². The lowest BCUT2D eigenvalue weighted by molar-refractivity contribution is 0.0948. The average molecular weight is 278 g/mol. The number of carbonyl (C=O) groups excluding carboxylic acids is 1. The predicted octanol–water partition coefficient (Wildman–Crippen LogP) is 1.40. The van der Waals surface area contributed by atoms with E-state index < -0.39 is 0 Å². The molecule has 0 atom stereocenters. The summed E-state index contributed by atoms with van der Waals surface area (Å²) < 4.78 is 0. The maximum Gasteiger partial charge on any atom is 0.271 e. The van der Waals surface area contributed by atoms with Crippen molar-refractivity contribution in [2.24, 2.45) is 0 Å². The molecule has 1 aromatic carbocycles. The number of halogens is 1. The normalized spacial score (nSPS) is 10.2. The lowest BCUT2D eigenvalue weighted by Gasteiger charge is -2.04. The third kappa shape index (κ3) is 3.93. The van der Waals surface area contributed by atoms with Gasteiger partial charge < -0.3 is 5.32 Å². The van der Waals surface area contributed by atoms with E-state index in [2.05, 4.69) is 15.5 Å². The first-order valence-electron chi connectivity index (χ1n) is 5.73. The summed E-state index contributed by atoms with van der Waals surface area (Å²) in [6, 6.07) is 10.1. The second kappa shape index (κ2) is 6.15. The molecule has 0 aliphatic rings. The summed E-state index contributed by atoms with van der Waals surface area (Å²) in [6.45, 7) is 0.487. The Labute approximate surface area is 114 Å². The van der Waals surface area contributed by atoms with E-state index in [-0.39, 0.29) is 17.2 Å². The molecule has 5 nitrogen and oxygen atoms in total. The number of benzene rings is 1. The van der Waals surface area contributed by atoms with Crippen LogP contribution in [-0.2, 0) is 6.42 Å². The molecule has 19 heavy (non-hydrogen) atoms. The van der Waals surface area contributed by atoms with Crippen molar-refractivity contribution in [3.8, 4) is 0 Å². The lowest BCUT2D eigenvalue weighted by Crippen LogP contribution is -2.27. The van der Waals surface area contributed by atoms with Gasteiger partial charge in [0.15, 0.2) is 0 Å². The van der Waals surface area contributed by atoms with Gasteiger partial charge in [0, 0.05) is 17.6 Å². The zero-order chi connectivity index (χ0) is 13.7. The van der Waals surface area contributed by atoms with E-state index in [0.717, 1.165) is 5.56 Å². The predicted molar refractivity (Wildman–Crippen MR) is 72.3 cm³/mol. The van der Waals surface area contributed by atoms with Gasteiger partial charge in [0.2, 0.25) is 0 Å². The van der Waals surface area contributed by atoms with E-state index in [9.17, 15) is 9.59 Å². The van der Waals surface area contributed by atoms with Crippen molar-refractivity contribution in [2.75, 3.05) is 6.54 Å². The first-order chi connectivity index (χ1) is 9.15. The number of aromatic nitrogens is 2. The molecular weight excluding hydrogens is 266 g/mol. The van der Waals surface area contributed by atoms with Crippen LogP contribution in [0.2, 0.25) is 5.02 Å². The van der Waals surface area contributed by atoms with Crippen LogP contribution in [-0.4, -0.2) is 22.6 Å². The summed E-state index contributed by atoms with van der Waals surface area (Å²) in [7, 11) is 0. The fourth-order valence-corrected chi connectivity index (χ4v) is 1.66. The standard InChI is InChI=1S/C13H12ClN3O2/c14-10-3-1-9(2-4-10)7-8-15-13(19)11-5-6-12(18)17-16-11/h1-6H,7-8H2,(H,15,19)(H,17,18). The molecule has 0 saturated carbocycles. The van der Waals surface area contributed by atoms with Crippen LogP contribution >= 0.6 is 11.6 Å². The van der Waals surface area contributed by atoms with Crippen molar-refractivity contribution >= 4 is 17.5 Å². The molecule has 1 amide bonds. The summed E-state index contributed by atoms with van der Waals surface area (Å²) in [5, 5.41) is 9.27. The number of aromatic amines is 1. The van der Waals surface area contributed by atoms with E-state index in [1.165, 1.54) is 12.1 Å². The van der Waals surface area contributed by atoms with E-state index in [1.807, 2.05) is 24.3 Å². The molecule has 0 unspecified atom stereocenters. The highest BCUT2D eigenvalue weighted by Gasteiger charge is 2.06. The molecule has 0 bridgehead atoms. The van der Waals surface area contributed by atoms with Crippen LogP contribution in [0.3, 0.4) is 0 Å². The Kier molecular flexibility index (Phi) is 4.30. The van der Waals surface area contributed by atoms with E-state index in [0.29, 0.717) is 18.0 Å². The number of nitrogens with one attached hydrogen (secondary N) is 2. The van der Waals surface area contributed by atoms with Gasteiger partial charge in [0.1, 0.15) is 5.69 Å². The molecule has 1 heterocycles. The maximum atomic E-state index is 11.7. The molecule has 0 aliphatic carbocycles. The minimum atomic E-state index is -0.335. The smallest absolute Gasteiger partial charge is 0.271 e. The molecule has 0 aliphatic heterocycles. The summed E-state index contributed by atoms with van der Waals surface area (Å²) in [5.74, 6) is -0.315. The summed E-state index contributed by atoms with van der Waals surface area (Å²) in [4.78, 5) is 22.5. The van der Waals surface area contributed by atoms with Gasteiger partial charge in [-0.1, -0.05) is 23.7 Å². The van der Waals surface area contributed by atoms with Gasteiger partial charge in [-0.05, 0) is 30.2 Å². The number of hydrogen-bond acceptors (Lipinski definition) is 3. The summed E-state index contributed by atoms with van der Waals surface area (Å²) >= 11 is 5.78. The zero-order valence-corrected chi connectivity index (χ0v) is 10.8. The number of amides is 1. The van der Waals surface area contributed by atoms with Gasteiger partial charge >= 0.3 is 0 Å². The number of nitrogens with zero attached hydrogens (tertiary/aromatic N) is 1. The van der Waals surface area contributed by atoms with Crippen LogP contribution in [0, 0.1) is 0 Å². The Hall–Kier alpha value is -2.14. The molecule has 0 spiro atoms. The molecule has 2 rings (SSSR count). The van der Waals surface area contributed by atoms with Gasteiger partial charge in [-0.15, -0.1) is 0 Å². The van der Waals surface area contributed by atoms with Crippen molar-refractivity contribution in [3.63, 3.8) is 0 Å². The van der Waals surface area contributed by atoms with Gasteiger partial charge in [0.05, 0.1) is 0 Å². The van der Waals surface area contributed by atoms with Crippen LogP contribution < -0.4 is 10.9 Å². The third-order valence-electron chi connectivity index (χ3n) is 2.52.